The van der Waals surface area contributed by atoms with Crippen molar-refractivity contribution in [2.75, 3.05) is 4.81 Å². The summed E-state index contributed by atoms with van der Waals surface area (Å²) < 4.78 is 4.79. The second-order valence-electron chi connectivity index (χ2n) is 9.92. The summed E-state index contributed by atoms with van der Waals surface area (Å²) in [5, 5.41) is 0.0880. The number of benzene rings is 2. The van der Waals surface area contributed by atoms with Gasteiger partial charge in [-0.3, -0.25) is 4.48 Å². The highest BCUT2D eigenvalue weighted by Gasteiger charge is 2.57. The average molecular weight is 370 g/mol. The van der Waals surface area contributed by atoms with Gasteiger partial charge in [-0.25, -0.2) is 4.57 Å². The van der Waals surface area contributed by atoms with Gasteiger partial charge in [0.05, 0.1) is 12.6 Å². The predicted octanol–water partition coefficient (Wildman–Crippen LogP) is 5.24. The Kier molecular flexibility index (Phi) is 3.48. The van der Waals surface area contributed by atoms with E-state index < -0.39 is 0 Å². The van der Waals surface area contributed by atoms with Crippen molar-refractivity contribution in [3.8, 4) is 11.4 Å². The maximum absolute atomic E-state index is 2.61. The molecule has 0 bridgehead atoms. The highest BCUT2D eigenvalue weighted by molar-refractivity contribution is 6.61. The van der Waals surface area contributed by atoms with Crippen molar-refractivity contribution in [3.63, 3.8) is 0 Å². The fourth-order valence-corrected chi connectivity index (χ4v) is 5.97. The quantitative estimate of drug-likeness (QED) is 0.493. The lowest BCUT2D eigenvalue weighted by molar-refractivity contribution is -0.529. The molecule has 1 aromatic heterocycles. The van der Waals surface area contributed by atoms with Crippen molar-refractivity contribution in [2.24, 2.45) is 7.05 Å². The van der Waals surface area contributed by atoms with Crippen LogP contribution in [0.25, 0.3) is 11.4 Å². The van der Waals surface area contributed by atoms with E-state index in [1.807, 2.05) is 0 Å². The Bertz CT molecular complexity index is 1090. The zero-order valence-corrected chi connectivity index (χ0v) is 17.8. The van der Waals surface area contributed by atoms with E-state index in [2.05, 4.69) is 110 Å². The molecule has 142 valence electrons. The molecular weight excluding hydrogens is 341 g/mol. The minimum atomic E-state index is 0.0880. The number of rotatable bonds is 0. The average Bonchev–Trinajstić information content (AvgIpc) is 2.98. The van der Waals surface area contributed by atoms with Gasteiger partial charge in [0.2, 0.25) is 0 Å². The van der Waals surface area contributed by atoms with Crippen LogP contribution in [-0.2, 0) is 12.5 Å². The number of anilines is 2. The van der Waals surface area contributed by atoms with Gasteiger partial charge in [0.25, 0.3) is 5.82 Å². The summed E-state index contributed by atoms with van der Waals surface area (Å²) in [6.07, 6.45) is 5.60. The lowest BCUT2D eigenvalue weighted by atomic mass is 9.46. The molecule has 4 heteroatoms. The topological polar surface area (TPSA) is 12.0 Å². The van der Waals surface area contributed by atoms with E-state index in [0.29, 0.717) is 0 Å². The van der Waals surface area contributed by atoms with Crippen molar-refractivity contribution < 1.29 is 4.48 Å². The minimum Gasteiger partial charge on any atom is -0.342 e. The summed E-state index contributed by atoms with van der Waals surface area (Å²) in [5.74, 6) is 1.31. The number of hydrogen-bond donors (Lipinski definition) is 0. The van der Waals surface area contributed by atoms with Gasteiger partial charge in [0.1, 0.15) is 12.4 Å². The number of fused-ring (bicyclic) bond motifs is 8. The molecule has 0 saturated carbocycles. The van der Waals surface area contributed by atoms with Crippen molar-refractivity contribution >= 4 is 18.4 Å². The van der Waals surface area contributed by atoms with E-state index in [-0.39, 0.29) is 17.7 Å². The van der Waals surface area contributed by atoms with Crippen molar-refractivity contribution in [3.05, 3.63) is 66.0 Å². The molecule has 3 heterocycles. The Morgan fingerprint density at radius 3 is 2.46 bits per heavy atom. The molecule has 0 aliphatic carbocycles. The van der Waals surface area contributed by atoms with Crippen LogP contribution in [0, 0.1) is 6.92 Å². The van der Waals surface area contributed by atoms with Crippen LogP contribution >= 0.6 is 0 Å². The fourth-order valence-electron chi connectivity index (χ4n) is 5.97. The summed E-state index contributed by atoms with van der Waals surface area (Å²) >= 11 is 0. The molecule has 0 fully saturated rings. The normalized spacial score (nSPS) is 18.6. The molecule has 2 aliphatic heterocycles. The Morgan fingerprint density at radius 2 is 1.68 bits per heavy atom. The second kappa shape index (κ2) is 5.53. The lowest BCUT2D eigenvalue weighted by Gasteiger charge is -2.39. The zero-order chi connectivity index (χ0) is 19.8. The summed E-state index contributed by atoms with van der Waals surface area (Å²) in [5.41, 5.74) is 6.89. The third-order valence-electron chi connectivity index (χ3n) is 6.76. The van der Waals surface area contributed by atoms with Crippen LogP contribution in [0.4, 0.5) is 11.4 Å². The van der Waals surface area contributed by atoms with Crippen LogP contribution in [0.15, 0.2) is 54.9 Å². The summed E-state index contributed by atoms with van der Waals surface area (Å²) in [6, 6.07) is 15.8. The first-order valence-corrected chi connectivity index (χ1v) is 10.3. The van der Waals surface area contributed by atoms with E-state index in [9.17, 15) is 0 Å². The second-order valence-corrected chi connectivity index (χ2v) is 9.92. The maximum Gasteiger partial charge on any atom is 0.511 e. The van der Waals surface area contributed by atoms with Gasteiger partial charge in [0.15, 0.2) is 0 Å². The van der Waals surface area contributed by atoms with Crippen LogP contribution < -0.4 is 9.29 Å². The van der Waals surface area contributed by atoms with Gasteiger partial charge < -0.3 is 4.81 Å². The lowest BCUT2D eigenvalue weighted by Crippen LogP contribution is -2.67. The van der Waals surface area contributed by atoms with E-state index in [1.54, 1.807) is 0 Å². The van der Waals surface area contributed by atoms with Crippen LogP contribution in [0.5, 0.6) is 0 Å². The molecule has 28 heavy (non-hydrogen) atoms. The first-order valence-electron chi connectivity index (χ1n) is 10.3. The first-order chi connectivity index (χ1) is 13.2. The molecule has 3 aromatic rings. The number of nitrogens with zero attached hydrogens (tertiary/aromatic N) is 3. The molecule has 0 unspecified atom stereocenters. The van der Waals surface area contributed by atoms with Crippen LogP contribution in [0.2, 0.25) is 5.31 Å². The predicted molar refractivity (Wildman–Crippen MR) is 117 cm³/mol. The number of imidazole rings is 1. The maximum atomic E-state index is 2.61. The molecule has 2 aliphatic rings. The molecule has 2 aromatic carbocycles. The number of para-hydroxylation sites is 1. The summed E-state index contributed by atoms with van der Waals surface area (Å²) in [4.78, 5) is 2.61. The molecule has 0 atom stereocenters. The van der Waals surface area contributed by atoms with Crippen LogP contribution in [0.3, 0.4) is 0 Å². The first kappa shape index (κ1) is 17.6. The summed E-state index contributed by atoms with van der Waals surface area (Å²) in [7, 11) is 2.17. The van der Waals surface area contributed by atoms with Gasteiger partial charge in [0, 0.05) is 16.7 Å². The highest BCUT2D eigenvalue weighted by atomic mass is 15.3. The molecule has 0 saturated heterocycles. The Balaban J connectivity index is 1.93. The van der Waals surface area contributed by atoms with Crippen LogP contribution in [0.1, 0.15) is 45.2 Å². The van der Waals surface area contributed by atoms with Crippen molar-refractivity contribution in [1.29, 1.82) is 0 Å². The standard InChI is InChI=1S/C24H29BN3/c1-17-10-9-13-20-21(17)22-26(6)14-15-27(22)25-24(4,5)16-23(2,3)18-11-7-8-12-19(18)28(20)25/h7-15H,16H2,1-6H3/q+1. The SMILES string of the molecule is Cc1cccc2c1-c1n(C)cc[n+]1B1N2c2ccccc2C(C)(C)CC1(C)C. The van der Waals surface area contributed by atoms with Crippen molar-refractivity contribution in [1.82, 2.24) is 4.57 Å². The van der Waals surface area contributed by atoms with Gasteiger partial charge in [-0.05, 0) is 42.0 Å². The Morgan fingerprint density at radius 1 is 0.964 bits per heavy atom. The number of hydrogen-bond acceptors (Lipinski definition) is 1. The van der Waals surface area contributed by atoms with E-state index >= 15 is 0 Å². The van der Waals surface area contributed by atoms with Crippen LogP contribution in [-0.4, -0.2) is 11.5 Å². The molecule has 0 N–H and O–H groups in total. The van der Waals surface area contributed by atoms with E-state index in [4.69, 9.17) is 0 Å². The largest absolute Gasteiger partial charge is 0.511 e. The van der Waals surface area contributed by atoms with Crippen molar-refractivity contribution in [2.45, 2.75) is 51.8 Å². The number of aryl methyl sites for hydroxylation is 2. The molecule has 0 amide bonds. The Hall–Kier alpha value is -2.49. The van der Waals surface area contributed by atoms with Gasteiger partial charge in [-0.1, -0.05) is 58.0 Å². The van der Waals surface area contributed by atoms with Gasteiger partial charge in [-0.15, -0.1) is 0 Å². The molecule has 0 radical (unpaired) electrons. The van der Waals surface area contributed by atoms with E-state index in [0.717, 1.165) is 6.42 Å². The molecule has 5 rings (SSSR count). The zero-order valence-electron chi connectivity index (χ0n) is 17.8. The number of aromatic nitrogens is 2. The molecular formula is C24H29BN3+. The van der Waals surface area contributed by atoms with Gasteiger partial charge >= 0.3 is 6.98 Å². The highest BCUT2D eigenvalue weighted by Crippen LogP contribution is 2.54. The third kappa shape index (κ3) is 2.21. The van der Waals surface area contributed by atoms with E-state index in [1.165, 1.54) is 33.9 Å². The monoisotopic (exact) mass is 370 g/mol. The third-order valence-corrected chi connectivity index (χ3v) is 6.76. The smallest absolute Gasteiger partial charge is 0.342 e. The Labute approximate surface area is 168 Å². The molecule has 0 spiro atoms. The summed E-state index contributed by atoms with van der Waals surface area (Å²) in [6.45, 7) is 12.1. The fraction of sp³-hybridized carbons (Fsp3) is 0.375. The minimum absolute atomic E-state index is 0.0880. The van der Waals surface area contributed by atoms with Gasteiger partial charge in [-0.2, -0.15) is 0 Å². The molecule has 3 nitrogen and oxygen atoms in total.